The lowest BCUT2D eigenvalue weighted by atomic mass is 10.0. The van der Waals surface area contributed by atoms with Crippen LogP contribution in [0.25, 0.3) is 0 Å². The van der Waals surface area contributed by atoms with Crippen molar-refractivity contribution in [3.63, 3.8) is 0 Å². The van der Waals surface area contributed by atoms with Gasteiger partial charge in [-0.25, -0.2) is 0 Å². The van der Waals surface area contributed by atoms with Crippen molar-refractivity contribution >= 4 is 5.78 Å². The number of rotatable bonds is 3. The fraction of sp³-hybridized carbons (Fsp3) is 0.167. The first-order chi connectivity index (χ1) is 7.33. The third-order valence-corrected chi connectivity index (χ3v) is 2.37. The van der Waals surface area contributed by atoms with Crippen LogP contribution >= 0.6 is 0 Å². The zero-order valence-corrected chi connectivity index (χ0v) is 8.53. The van der Waals surface area contributed by atoms with Gasteiger partial charge in [-0.3, -0.25) is 9.78 Å². The van der Waals surface area contributed by atoms with E-state index in [0.29, 0.717) is 5.69 Å². The molecule has 15 heavy (non-hydrogen) atoms. The Labute approximate surface area is 88.2 Å². The lowest BCUT2D eigenvalue weighted by molar-refractivity contribution is 0.103. The molecule has 0 radical (unpaired) electrons. The Balaban J connectivity index is 2.42. The van der Waals surface area contributed by atoms with E-state index in [4.69, 9.17) is 0 Å². The van der Waals surface area contributed by atoms with E-state index in [1.54, 1.807) is 30.7 Å². The molecule has 2 aromatic heterocycles. The molecular weight excluding hydrogens is 188 g/mol. The molecular formula is C12H12N2O. The van der Waals surface area contributed by atoms with Crippen LogP contribution in [0.5, 0.6) is 0 Å². The van der Waals surface area contributed by atoms with Gasteiger partial charge < -0.3 is 4.98 Å². The van der Waals surface area contributed by atoms with Gasteiger partial charge in [0, 0.05) is 24.2 Å². The van der Waals surface area contributed by atoms with E-state index in [0.717, 1.165) is 17.5 Å². The van der Waals surface area contributed by atoms with Crippen molar-refractivity contribution in [3.8, 4) is 0 Å². The van der Waals surface area contributed by atoms with E-state index >= 15 is 0 Å². The Morgan fingerprint density at radius 1 is 1.47 bits per heavy atom. The van der Waals surface area contributed by atoms with Gasteiger partial charge in [0.1, 0.15) is 0 Å². The van der Waals surface area contributed by atoms with Crippen LogP contribution in [0.1, 0.15) is 28.5 Å². The molecule has 2 rings (SSSR count). The van der Waals surface area contributed by atoms with E-state index in [1.165, 1.54) is 0 Å². The largest absolute Gasteiger partial charge is 0.359 e. The monoisotopic (exact) mass is 200 g/mol. The first-order valence-corrected chi connectivity index (χ1v) is 4.94. The molecule has 3 nitrogen and oxygen atoms in total. The molecule has 0 atom stereocenters. The minimum Gasteiger partial charge on any atom is -0.359 e. The molecule has 0 aliphatic carbocycles. The highest BCUT2D eigenvalue weighted by atomic mass is 16.1. The summed E-state index contributed by atoms with van der Waals surface area (Å²) in [6, 6.07) is 5.37. The fourth-order valence-electron chi connectivity index (χ4n) is 1.55. The second-order valence-corrected chi connectivity index (χ2v) is 3.30. The molecule has 76 valence electrons. The van der Waals surface area contributed by atoms with Gasteiger partial charge in [0.05, 0.1) is 5.69 Å². The minimum absolute atomic E-state index is 0.0271. The Morgan fingerprint density at radius 2 is 2.33 bits per heavy atom. The summed E-state index contributed by atoms with van der Waals surface area (Å²) in [5.74, 6) is 0.0271. The molecule has 0 saturated heterocycles. The number of hydrogen-bond acceptors (Lipinski definition) is 2. The third kappa shape index (κ3) is 1.81. The zero-order chi connectivity index (χ0) is 10.7. The maximum absolute atomic E-state index is 12.0. The number of carbonyl (C=O) groups is 1. The van der Waals surface area contributed by atoms with Crippen molar-refractivity contribution in [1.29, 1.82) is 0 Å². The smallest absolute Gasteiger partial charge is 0.209 e. The molecule has 0 saturated carbocycles. The molecule has 0 bridgehead atoms. The van der Waals surface area contributed by atoms with Crippen LogP contribution in [-0.4, -0.2) is 15.8 Å². The van der Waals surface area contributed by atoms with Crippen molar-refractivity contribution in [2.45, 2.75) is 13.3 Å². The second-order valence-electron chi connectivity index (χ2n) is 3.30. The molecule has 0 aliphatic heterocycles. The van der Waals surface area contributed by atoms with Crippen molar-refractivity contribution in [3.05, 3.63) is 53.6 Å². The first kappa shape index (κ1) is 9.65. The van der Waals surface area contributed by atoms with Gasteiger partial charge >= 0.3 is 0 Å². The number of aryl methyl sites for hydroxylation is 1. The third-order valence-electron chi connectivity index (χ3n) is 2.37. The maximum Gasteiger partial charge on any atom is 0.209 e. The standard InChI is InChI=1S/C12H12N2O/c1-2-9-8-13-7-5-10(9)12(15)11-4-3-6-14-11/h3-8,14H,2H2,1H3. The number of hydrogen-bond donors (Lipinski definition) is 1. The summed E-state index contributed by atoms with van der Waals surface area (Å²) >= 11 is 0. The number of H-pyrrole nitrogens is 1. The van der Waals surface area contributed by atoms with Crippen LogP contribution in [0, 0.1) is 0 Å². The summed E-state index contributed by atoms with van der Waals surface area (Å²) in [5, 5.41) is 0. The summed E-state index contributed by atoms with van der Waals surface area (Å²) in [6.45, 7) is 2.02. The van der Waals surface area contributed by atoms with Crippen LogP contribution in [0.3, 0.4) is 0 Å². The molecule has 0 aliphatic rings. The average Bonchev–Trinajstić information content (AvgIpc) is 2.81. The van der Waals surface area contributed by atoms with Gasteiger partial charge in [0.25, 0.3) is 0 Å². The van der Waals surface area contributed by atoms with E-state index in [2.05, 4.69) is 9.97 Å². The van der Waals surface area contributed by atoms with Crippen molar-refractivity contribution in [2.75, 3.05) is 0 Å². The lowest BCUT2D eigenvalue weighted by Gasteiger charge is -2.04. The van der Waals surface area contributed by atoms with Gasteiger partial charge in [-0.1, -0.05) is 6.92 Å². The number of nitrogens with one attached hydrogen (secondary N) is 1. The predicted octanol–water partition coefficient (Wildman–Crippen LogP) is 2.20. The van der Waals surface area contributed by atoms with E-state index in [1.807, 2.05) is 13.0 Å². The highest BCUT2D eigenvalue weighted by Gasteiger charge is 2.12. The lowest BCUT2D eigenvalue weighted by Crippen LogP contribution is -2.05. The number of ketones is 1. The number of pyridine rings is 1. The van der Waals surface area contributed by atoms with Crippen molar-refractivity contribution in [1.82, 2.24) is 9.97 Å². The Bertz CT molecular complexity index is 460. The molecule has 2 aromatic rings. The van der Waals surface area contributed by atoms with Gasteiger partial charge in [0.15, 0.2) is 0 Å². The van der Waals surface area contributed by atoms with Crippen molar-refractivity contribution in [2.24, 2.45) is 0 Å². The van der Waals surface area contributed by atoms with Crippen molar-refractivity contribution < 1.29 is 4.79 Å². The van der Waals surface area contributed by atoms with Gasteiger partial charge in [-0.2, -0.15) is 0 Å². The topological polar surface area (TPSA) is 45.8 Å². The molecule has 2 heterocycles. The number of carbonyl (C=O) groups excluding carboxylic acids is 1. The van der Waals surface area contributed by atoms with E-state index in [-0.39, 0.29) is 5.78 Å². The minimum atomic E-state index is 0.0271. The van der Waals surface area contributed by atoms with Gasteiger partial charge in [-0.05, 0) is 30.2 Å². The normalized spacial score (nSPS) is 10.2. The molecule has 0 aromatic carbocycles. The number of aromatic amines is 1. The Kier molecular flexibility index (Phi) is 2.63. The molecule has 0 amide bonds. The van der Waals surface area contributed by atoms with E-state index in [9.17, 15) is 4.79 Å². The summed E-state index contributed by atoms with van der Waals surface area (Å²) < 4.78 is 0. The van der Waals surface area contributed by atoms with Crippen LogP contribution in [-0.2, 0) is 6.42 Å². The predicted molar refractivity (Wildman–Crippen MR) is 57.8 cm³/mol. The highest BCUT2D eigenvalue weighted by Crippen LogP contribution is 2.12. The summed E-state index contributed by atoms with van der Waals surface area (Å²) in [5.41, 5.74) is 2.34. The summed E-state index contributed by atoms with van der Waals surface area (Å²) in [7, 11) is 0. The Hall–Kier alpha value is -1.90. The molecule has 1 N–H and O–H groups in total. The van der Waals surface area contributed by atoms with Crippen LogP contribution in [0.2, 0.25) is 0 Å². The average molecular weight is 200 g/mol. The van der Waals surface area contributed by atoms with Crippen LogP contribution < -0.4 is 0 Å². The number of aromatic nitrogens is 2. The molecule has 0 spiro atoms. The second kappa shape index (κ2) is 4.09. The quantitative estimate of drug-likeness (QED) is 0.772. The Morgan fingerprint density at radius 3 is 3.00 bits per heavy atom. The van der Waals surface area contributed by atoms with Gasteiger partial charge in [0.2, 0.25) is 5.78 Å². The zero-order valence-electron chi connectivity index (χ0n) is 8.53. The van der Waals surface area contributed by atoms with E-state index < -0.39 is 0 Å². The summed E-state index contributed by atoms with van der Waals surface area (Å²) in [6.07, 6.45) is 5.96. The molecule has 3 heteroatoms. The fourth-order valence-corrected chi connectivity index (χ4v) is 1.55. The molecule has 0 fully saturated rings. The molecule has 0 unspecified atom stereocenters. The van der Waals surface area contributed by atoms with Crippen LogP contribution in [0.4, 0.5) is 0 Å². The highest BCUT2D eigenvalue weighted by molar-refractivity contribution is 6.08. The maximum atomic E-state index is 12.0. The van der Waals surface area contributed by atoms with Crippen LogP contribution in [0.15, 0.2) is 36.8 Å². The first-order valence-electron chi connectivity index (χ1n) is 4.94. The summed E-state index contributed by atoms with van der Waals surface area (Å²) in [4.78, 5) is 19.0. The van der Waals surface area contributed by atoms with Gasteiger partial charge in [-0.15, -0.1) is 0 Å². The SMILES string of the molecule is CCc1cnccc1C(=O)c1ccc[nH]1. The number of nitrogens with zero attached hydrogens (tertiary/aromatic N) is 1.